The number of rotatable bonds is 5. The molecule has 6 heteroatoms. The molecule has 2 atom stereocenters. The van der Waals surface area contributed by atoms with Crippen molar-refractivity contribution in [2.75, 3.05) is 39.7 Å². The Morgan fingerprint density at radius 2 is 1.71 bits per heavy atom. The van der Waals surface area contributed by atoms with Crippen LogP contribution in [-0.4, -0.2) is 56.9 Å². The summed E-state index contributed by atoms with van der Waals surface area (Å²) in [5.74, 6) is 1.64. The second-order valence-electron chi connectivity index (χ2n) is 8.89. The van der Waals surface area contributed by atoms with Crippen LogP contribution in [0.3, 0.4) is 0 Å². The van der Waals surface area contributed by atoms with Crippen molar-refractivity contribution in [1.82, 2.24) is 4.90 Å². The number of anilines is 1. The van der Waals surface area contributed by atoms with Crippen LogP contribution in [0.4, 0.5) is 5.69 Å². The molecule has 1 amide bonds. The van der Waals surface area contributed by atoms with Crippen LogP contribution in [0.2, 0.25) is 0 Å². The molecule has 5 rings (SSSR count). The van der Waals surface area contributed by atoms with Crippen molar-refractivity contribution in [1.29, 1.82) is 0 Å². The van der Waals surface area contributed by atoms with Gasteiger partial charge in [-0.2, -0.15) is 0 Å². The first-order valence-electron chi connectivity index (χ1n) is 11.6. The Kier molecular flexibility index (Phi) is 6.07. The van der Waals surface area contributed by atoms with Crippen molar-refractivity contribution in [2.24, 2.45) is 4.99 Å². The molecule has 2 heterocycles. The molecule has 1 fully saturated rings. The maximum Gasteiger partial charge on any atom is 0.255 e. The lowest BCUT2D eigenvalue weighted by atomic mass is 9.79. The van der Waals surface area contributed by atoms with Crippen LogP contribution >= 0.6 is 0 Å². The second kappa shape index (κ2) is 9.31. The fourth-order valence-electron chi connectivity index (χ4n) is 4.94. The van der Waals surface area contributed by atoms with Crippen molar-refractivity contribution in [3.05, 3.63) is 89.0 Å². The number of benzene rings is 3. The number of nitrogens with one attached hydrogen (secondary N) is 1. The Balaban J connectivity index is 1.49. The topological polar surface area (TPSA) is 63.2 Å². The number of ether oxygens (including phenoxy) is 2. The van der Waals surface area contributed by atoms with Crippen LogP contribution in [0.5, 0.6) is 11.5 Å². The molecule has 6 nitrogen and oxygen atoms in total. The number of piperidine rings is 1. The molecule has 2 unspecified atom stereocenters. The summed E-state index contributed by atoms with van der Waals surface area (Å²) in [5, 5.41) is 2.97. The molecule has 174 valence electrons. The van der Waals surface area contributed by atoms with Gasteiger partial charge in [0.15, 0.2) is 11.5 Å². The minimum Gasteiger partial charge on any atom is -0.493 e. The van der Waals surface area contributed by atoms with E-state index in [-0.39, 0.29) is 11.9 Å². The SMILES string of the molecule is COc1cc2c(cc1OC)C1CN(C)CCC1N=C2c1ccc(NC(=O)c2ccccc2)cc1. The third-order valence-corrected chi connectivity index (χ3v) is 6.74. The second-order valence-corrected chi connectivity index (χ2v) is 8.89. The van der Waals surface area contributed by atoms with E-state index in [1.807, 2.05) is 48.5 Å². The molecule has 0 spiro atoms. The average Bonchev–Trinajstić information content (AvgIpc) is 2.88. The summed E-state index contributed by atoms with van der Waals surface area (Å²) in [5.41, 5.74) is 5.69. The lowest BCUT2D eigenvalue weighted by Gasteiger charge is -2.39. The smallest absolute Gasteiger partial charge is 0.255 e. The number of hydrogen-bond acceptors (Lipinski definition) is 5. The van der Waals surface area contributed by atoms with Crippen LogP contribution in [-0.2, 0) is 0 Å². The van der Waals surface area contributed by atoms with E-state index < -0.39 is 0 Å². The van der Waals surface area contributed by atoms with Crippen LogP contribution in [0.1, 0.15) is 39.4 Å². The Bertz CT molecular complexity index is 1220. The quantitative estimate of drug-likeness (QED) is 0.611. The Morgan fingerprint density at radius 3 is 2.41 bits per heavy atom. The van der Waals surface area contributed by atoms with Crippen LogP contribution in [0.25, 0.3) is 0 Å². The zero-order chi connectivity index (χ0) is 23.7. The monoisotopic (exact) mass is 455 g/mol. The maximum atomic E-state index is 12.5. The molecule has 0 bridgehead atoms. The lowest BCUT2D eigenvalue weighted by Crippen LogP contribution is -2.41. The molecule has 0 radical (unpaired) electrons. The van der Waals surface area contributed by atoms with Crippen molar-refractivity contribution in [2.45, 2.75) is 18.4 Å². The van der Waals surface area contributed by atoms with Crippen molar-refractivity contribution in [3.63, 3.8) is 0 Å². The van der Waals surface area contributed by atoms with Gasteiger partial charge in [-0.3, -0.25) is 9.79 Å². The molecule has 3 aromatic rings. The van der Waals surface area contributed by atoms with Gasteiger partial charge in [0, 0.05) is 34.8 Å². The highest BCUT2D eigenvalue weighted by atomic mass is 16.5. The van der Waals surface area contributed by atoms with E-state index in [1.54, 1.807) is 26.4 Å². The van der Waals surface area contributed by atoms with Gasteiger partial charge in [-0.25, -0.2) is 0 Å². The van der Waals surface area contributed by atoms with Gasteiger partial charge in [-0.15, -0.1) is 0 Å². The Labute approximate surface area is 200 Å². The Morgan fingerprint density at radius 1 is 1.00 bits per heavy atom. The first kappa shape index (κ1) is 22.2. The predicted octanol–water partition coefficient (Wildman–Crippen LogP) is 4.59. The first-order valence-corrected chi connectivity index (χ1v) is 11.6. The molecule has 3 aromatic carbocycles. The molecular weight excluding hydrogens is 426 g/mol. The molecule has 1 N–H and O–H groups in total. The third-order valence-electron chi connectivity index (χ3n) is 6.74. The number of aliphatic imine (C=N–C) groups is 1. The van der Waals surface area contributed by atoms with Gasteiger partial charge in [0.2, 0.25) is 0 Å². The summed E-state index contributed by atoms with van der Waals surface area (Å²) in [6.07, 6.45) is 1.02. The highest BCUT2D eigenvalue weighted by Crippen LogP contribution is 2.42. The third kappa shape index (κ3) is 4.17. The molecule has 2 aliphatic rings. The summed E-state index contributed by atoms with van der Waals surface area (Å²) >= 11 is 0. The number of methoxy groups -OCH3 is 2. The molecule has 1 saturated heterocycles. The molecule has 0 saturated carbocycles. The summed E-state index contributed by atoms with van der Waals surface area (Å²) in [7, 11) is 5.50. The van der Waals surface area contributed by atoms with E-state index in [0.717, 1.165) is 47.8 Å². The zero-order valence-corrected chi connectivity index (χ0v) is 19.7. The summed E-state index contributed by atoms with van der Waals surface area (Å²) in [6, 6.07) is 21.5. The van der Waals surface area contributed by atoms with Crippen LogP contribution < -0.4 is 14.8 Å². The molecule has 0 aromatic heterocycles. The van der Waals surface area contributed by atoms with Crippen molar-refractivity contribution >= 4 is 17.3 Å². The summed E-state index contributed by atoms with van der Waals surface area (Å²) in [4.78, 5) is 20.1. The van der Waals surface area contributed by atoms with Crippen molar-refractivity contribution in [3.8, 4) is 11.5 Å². The number of likely N-dealkylation sites (N-methyl/N-ethyl adjacent to an activating group) is 1. The minimum absolute atomic E-state index is 0.125. The minimum atomic E-state index is -0.125. The van der Waals surface area contributed by atoms with E-state index >= 15 is 0 Å². The normalized spacial score (nSPS) is 19.4. The number of fused-ring (bicyclic) bond motifs is 3. The first-order chi connectivity index (χ1) is 16.6. The zero-order valence-electron chi connectivity index (χ0n) is 19.7. The van der Waals surface area contributed by atoms with Crippen LogP contribution in [0.15, 0.2) is 71.7 Å². The van der Waals surface area contributed by atoms with E-state index in [4.69, 9.17) is 14.5 Å². The highest BCUT2D eigenvalue weighted by molar-refractivity contribution is 6.15. The maximum absolute atomic E-state index is 12.5. The summed E-state index contributed by atoms with van der Waals surface area (Å²) < 4.78 is 11.2. The number of amides is 1. The lowest BCUT2D eigenvalue weighted by molar-refractivity contribution is 0.102. The molecule has 2 aliphatic heterocycles. The van der Waals surface area contributed by atoms with E-state index in [0.29, 0.717) is 17.2 Å². The van der Waals surface area contributed by atoms with Gasteiger partial charge in [-0.05, 0) is 62.0 Å². The molecule has 34 heavy (non-hydrogen) atoms. The number of nitrogens with zero attached hydrogens (tertiary/aromatic N) is 2. The standard InChI is InChI=1S/C28H29N3O3/c1-31-14-13-24-23(17-31)21-15-25(33-2)26(34-3)16-22(21)27(30-24)18-9-11-20(12-10-18)29-28(32)19-7-5-4-6-8-19/h4-12,15-16,23-24H,13-14,17H2,1-3H3,(H,29,32). The van der Waals surface area contributed by atoms with Gasteiger partial charge >= 0.3 is 0 Å². The fraction of sp³-hybridized carbons (Fsp3) is 0.286. The number of hydrogen-bond donors (Lipinski definition) is 1. The average molecular weight is 456 g/mol. The van der Waals surface area contributed by atoms with E-state index in [9.17, 15) is 4.79 Å². The highest BCUT2D eigenvalue weighted by Gasteiger charge is 2.36. The van der Waals surface area contributed by atoms with Gasteiger partial charge in [0.05, 0.1) is 26.0 Å². The van der Waals surface area contributed by atoms with E-state index in [1.165, 1.54) is 5.56 Å². The van der Waals surface area contributed by atoms with Crippen molar-refractivity contribution < 1.29 is 14.3 Å². The van der Waals surface area contributed by atoms with E-state index in [2.05, 4.69) is 23.3 Å². The predicted molar refractivity (Wildman–Crippen MR) is 135 cm³/mol. The molecular formula is C28H29N3O3. The van der Waals surface area contributed by atoms with Gasteiger partial charge in [-0.1, -0.05) is 30.3 Å². The van der Waals surface area contributed by atoms with Crippen LogP contribution in [0, 0.1) is 0 Å². The fourth-order valence-corrected chi connectivity index (χ4v) is 4.94. The number of likely N-dealkylation sites (tertiary alicyclic amines) is 1. The molecule has 0 aliphatic carbocycles. The Hall–Kier alpha value is -3.64. The van der Waals surface area contributed by atoms with Gasteiger partial charge < -0.3 is 19.7 Å². The largest absolute Gasteiger partial charge is 0.493 e. The van der Waals surface area contributed by atoms with Gasteiger partial charge in [0.25, 0.3) is 5.91 Å². The number of carbonyl (C=O) groups excluding carboxylic acids is 1. The van der Waals surface area contributed by atoms with Gasteiger partial charge in [0.1, 0.15) is 0 Å². The number of carbonyl (C=O) groups is 1. The summed E-state index contributed by atoms with van der Waals surface area (Å²) in [6.45, 7) is 2.00.